The Labute approximate surface area is 190 Å². The Kier molecular flexibility index (Phi) is 6.79. The zero-order chi connectivity index (χ0) is 22.7. The molecule has 0 unspecified atom stereocenters. The van der Waals surface area contributed by atoms with Gasteiger partial charge < -0.3 is 9.15 Å². The van der Waals surface area contributed by atoms with E-state index in [1.807, 2.05) is 43.3 Å². The summed E-state index contributed by atoms with van der Waals surface area (Å²) in [5.41, 5.74) is 3.90. The van der Waals surface area contributed by atoms with Crippen LogP contribution >= 0.6 is 0 Å². The highest BCUT2D eigenvalue weighted by atomic mass is 32.2. The fourth-order valence-corrected chi connectivity index (χ4v) is 4.93. The lowest BCUT2D eigenvalue weighted by molar-refractivity contribution is 0.116. The van der Waals surface area contributed by atoms with Crippen molar-refractivity contribution in [3.8, 4) is 22.6 Å². The van der Waals surface area contributed by atoms with Crippen LogP contribution in [-0.2, 0) is 21.0 Å². The Balaban J connectivity index is 1.44. The first-order chi connectivity index (χ1) is 15.3. The number of methoxy groups -OCH3 is 1. The van der Waals surface area contributed by atoms with Crippen LogP contribution in [0.4, 0.5) is 0 Å². The van der Waals surface area contributed by atoms with Gasteiger partial charge in [0.2, 0.25) is 5.89 Å². The molecule has 2 heterocycles. The lowest BCUT2D eigenvalue weighted by Crippen LogP contribution is -2.34. The van der Waals surface area contributed by atoms with Crippen LogP contribution in [-0.4, -0.2) is 57.4 Å². The number of ether oxygens (including phenoxy) is 1. The number of aryl methyl sites for hydroxylation is 1. The van der Waals surface area contributed by atoms with E-state index >= 15 is 0 Å². The number of benzene rings is 2. The molecule has 3 aromatic rings. The zero-order valence-electron chi connectivity index (χ0n) is 18.9. The normalized spacial score (nSPS) is 17.2. The number of oxazole rings is 1. The SMILES string of the molecule is COC[C@H]1CCCN1CCc1nc(-c2ccc(-c3ccc(S(C)(=O)=O)cc3)cc2)oc1C. The highest BCUT2D eigenvalue weighted by Gasteiger charge is 2.24. The molecule has 1 aliphatic rings. The Morgan fingerprint density at radius 2 is 1.69 bits per heavy atom. The van der Waals surface area contributed by atoms with Crippen molar-refractivity contribution in [2.24, 2.45) is 0 Å². The topological polar surface area (TPSA) is 72.6 Å². The molecule has 0 bridgehead atoms. The second-order valence-corrected chi connectivity index (χ2v) is 10.4. The third-order valence-corrected chi connectivity index (χ3v) is 7.26. The van der Waals surface area contributed by atoms with Crippen molar-refractivity contribution in [3.63, 3.8) is 0 Å². The minimum Gasteiger partial charge on any atom is -0.441 e. The standard InChI is InChI=1S/C25H30N2O4S/c1-18-24(14-16-27-15-4-5-22(27)17-30-2)26-25(31-18)21-8-6-19(7-9-21)20-10-12-23(13-11-20)32(3,28)29/h6-13,22H,4-5,14-17H2,1-3H3/t22-/m1/s1. The van der Waals surface area contributed by atoms with Crippen molar-refractivity contribution in [2.75, 3.05) is 33.1 Å². The van der Waals surface area contributed by atoms with E-state index < -0.39 is 9.84 Å². The van der Waals surface area contributed by atoms with Gasteiger partial charge in [0.15, 0.2) is 9.84 Å². The summed E-state index contributed by atoms with van der Waals surface area (Å²) in [4.78, 5) is 7.57. The molecule has 1 saturated heterocycles. The van der Waals surface area contributed by atoms with Gasteiger partial charge in [-0.2, -0.15) is 0 Å². The molecular weight excluding hydrogens is 424 g/mol. The number of likely N-dealkylation sites (tertiary alicyclic amines) is 1. The highest BCUT2D eigenvalue weighted by Crippen LogP contribution is 2.27. The van der Waals surface area contributed by atoms with Crippen LogP contribution in [0, 0.1) is 6.92 Å². The first-order valence-electron chi connectivity index (χ1n) is 11.0. The maximum atomic E-state index is 11.7. The van der Waals surface area contributed by atoms with Crippen molar-refractivity contribution in [2.45, 2.75) is 37.1 Å². The maximum absolute atomic E-state index is 11.7. The number of sulfone groups is 1. The van der Waals surface area contributed by atoms with Gasteiger partial charge in [0.05, 0.1) is 17.2 Å². The lowest BCUT2D eigenvalue weighted by atomic mass is 10.0. The molecular formula is C25H30N2O4S. The van der Waals surface area contributed by atoms with E-state index in [0.717, 1.165) is 54.3 Å². The predicted molar refractivity (Wildman–Crippen MR) is 125 cm³/mol. The number of nitrogens with zero attached hydrogens (tertiary/aromatic N) is 2. The Morgan fingerprint density at radius 3 is 2.31 bits per heavy atom. The van der Waals surface area contributed by atoms with Gasteiger partial charge in [0, 0.05) is 37.9 Å². The number of aromatic nitrogens is 1. The minimum atomic E-state index is -3.19. The van der Waals surface area contributed by atoms with Crippen LogP contribution in [0.1, 0.15) is 24.3 Å². The van der Waals surface area contributed by atoms with Gasteiger partial charge in [0.1, 0.15) is 5.76 Å². The Morgan fingerprint density at radius 1 is 1.06 bits per heavy atom. The maximum Gasteiger partial charge on any atom is 0.226 e. The monoisotopic (exact) mass is 454 g/mol. The summed E-state index contributed by atoms with van der Waals surface area (Å²) in [5, 5.41) is 0. The third kappa shape index (κ3) is 5.11. The molecule has 6 nitrogen and oxygen atoms in total. The van der Waals surface area contributed by atoms with E-state index in [0.29, 0.717) is 16.8 Å². The summed E-state index contributed by atoms with van der Waals surface area (Å²) in [6, 6.07) is 15.4. The molecule has 7 heteroatoms. The van der Waals surface area contributed by atoms with Crippen molar-refractivity contribution < 1.29 is 17.6 Å². The largest absolute Gasteiger partial charge is 0.441 e. The van der Waals surface area contributed by atoms with Crippen LogP contribution in [0.15, 0.2) is 57.8 Å². The summed E-state index contributed by atoms with van der Waals surface area (Å²) in [6.45, 7) is 4.83. The van der Waals surface area contributed by atoms with Crippen molar-refractivity contribution in [1.29, 1.82) is 0 Å². The Bertz CT molecular complexity index is 1150. The van der Waals surface area contributed by atoms with E-state index in [1.54, 1.807) is 19.2 Å². The van der Waals surface area contributed by atoms with Crippen LogP contribution in [0.25, 0.3) is 22.6 Å². The average Bonchev–Trinajstić information content (AvgIpc) is 3.38. The lowest BCUT2D eigenvalue weighted by Gasteiger charge is -2.23. The molecule has 2 aromatic carbocycles. The molecule has 32 heavy (non-hydrogen) atoms. The van der Waals surface area contributed by atoms with E-state index in [9.17, 15) is 8.42 Å². The molecule has 4 rings (SSSR count). The summed E-state index contributed by atoms with van der Waals surface area (Å²) < 4.78 is 34.6. The van der Waals surface area contributed by atoms with Gasteiger partial charge in [-0.15, -0.1) is 0 Å². The van der Waals surface area contributed by atoms with Crippen molar-refractivity contribution in [3.05, 3.63) is 60.0 Å². The number of hydrogen-bond acceptors (Lipinski definition) is 6. The molecule has 170 valence electrons. The molecule has 0 aliphatic carbocycles. The highest BCUT2D eigenvalue weighted by molar-refractivity contribution is 7.90. The molecule has 1 fully saturated rings. The van der Waals surface area contributed by atoms with Crippen molar-refractivity contribution in [1.82, 2.24) is 9.88 Å². The summed E-state index contributed by atoms with van der Waals surface area (Å²) in [6.07, 6.45) is 4.49. The first kappa shape index (κ1) is 22.7. The molecule has 0 amide bonds. The molecule has 0 N–H and O–H groups in total. The van der Waals surface area contributed by atoms with Gasteiger partial charge in [-0.25, -0.2) is 13.4 Å². The van der Waals surface area contributed by atoms with Crippen LogP contribution < -0.4 is 0 Å². The van der Waals surface area contributed by atoms with E-state index in [2.05, 4.69) is 4.90 Å². The van der Waals surface area contributed by atoms with Crippen LogP contribution in [0.5, 0.6) is 0 Å². The third-order valence-electron chi connectivity index (χ3n) is 6.13. The van der Waals surface area contributed by atoms with Gasteiger partial charge >= 0.3 is 0 Å². The smallest absolute Gasteiger partial charge is 0.226 e. The number of rotatable bonds is 8. The van der Waals surface area contributed by atoms with Crippen LogP contribution in [0.2, 0.25) is 0 Å². The first-order valence-corrected chi connectivity index (χ1v) is 12.8. The van der Waals surface area contributed by atoms with Gasteiger partial charge in [-0.1, -0.05) is 24.3 Å². The molecule has 1 atom stereocenters. The second kappa shape index (κ2) is 9.57. The summed E-state index contributed by atoms with van der Waals surface area (Å²) in [7, 11) is -1.43. The van der Waals surface area contributed by atoms with Crippen molar-refractivity contribution >= 4 is 9.84 Å². The Hall–Kier alpha value is -2.48. The molecule has 0 saturated carbocycles. The quantitative estimate of drug-likeness (QED) is 0.503. The molecule has 1 aromatic heterocycles. The van der Waals surface area contributed by atoms with Gasteiger partial charge in [-0.3, -0.25) is 4.90 Å². The van der Waals surface area contributed by atoms with E-state index in [-0.39, 0.29) is 0 Å². The number of hydrogen-bond donors (Lipinski definition) is 0. The minimum absolute atomic E-state index is 0.322. The molecule has 0 spiro atoms. The van der Waals surface area contributed by atoms with Crippen LogP contribution in [0.3, 0.4) is 0 Å². The second-order valence-electron chi connectivity index (χ2n) is 8.43. The molecule has 1 aliphatic heterocycles. The van der Waals surface area contributed by atoms with Gasteiger partial charge in [-0.05, 0) is 61.7 Å². The predicted octanol–water partition coefficient (Wildman–Crippen LogP) is 4.37. The van der Waals surface area contributed by atoms with E-state index in [1.165, 1.54) is 19.1 Å². The summed E-state index contributed by atoms with van der Waals surface area (Å²) in [5.74, 6) is 1.49. The average molecular weight is 455 g/mol. The zero-order valence-corrected chi connectivity index (χ0v) is 19.7. The van der Waals surface area contributed by atoms with E-state index in [4.69, 9.17) is 14.1 Å². The summed E-state index contributed by atoms with van der Waals surface area (Å²) >= 11 is 0. The van der Waals surface area contributed by atoms with Gasteiger partial charge in [0.25, 0.3) is 0 Å². The fraction of sp³-hybridized carbons (Fsp3) is 0.400. The molecule has 0 radical (unpaired) electrons. The fourth-order valence-electron chi connectivity index (χ4n) is 4.30.